The summed E-state index contributed by atoms with van der Waals surface area (Å²) in [5, 5.41) is 12.9. The highest BCUT2D eigenvalue weighted by atomic mass is 16.6. The lowest BCUT2D eigenvalue weighted by atomic mass is 10.0. The molecule has 1 rings (SSSR count). The van der Waals surface area contributed by atoms with E-state index in [0.717, 1.165) is 6.42 Å². The van der Waals surface area contributed by atoms with E-state index in [1.807, 2.05) is 39.9 Å². The topological polar surface area (TPSA) is 204 Å². The van der Waals surface area contributed by atoms with E-state index in [1.165, 1.54) is 0 Å². The molecule has 0 aliphatic rings. The number of alkyl carbamates (subject to hydrolysis) is 1. The number of nitrogens with one attached hydrogen (secondary N) is 5. The molecular formula is C35H60N7O9+. The molecule has 16 nitrogen and oxygen atoms in total. The number of benzene rings is 1. The summed E-state index contributed by atoms with van der Waals surface area (Å²) in [5.41, 5.74) is 4.38. The van der Waals surface area contributed by atoms with Crippen LogP contribution in [-0.4, -0.2) is 108 Å². The Morgan fingerprint density at radius 3 is 2.24 bits per heavy atom. The van der Waals surface area contributed by atoms with Crippen LogP contribution in [-0.2, 0) is 44.8 Å². The summed E-state index contributed by atoms with van der Waals surface area (Å²) in [6.45, 7) is 17.4. The van der Waals surface area contributed by atoms with Gasteiger partial charge in [0.05, 0.1) is 39.6 Å². The van der Waals surface area contributed by atoms with Crippen LogP contribution in [0.25, 0.3) is 0 Å². The number of ether oxygens (including phenoxy) is 4. The lowest BCUT2D eigenvalue weighted by Gasteiger charge is -2.25. The van der Waals surface area contributed by atoms with Gasteiger partial charge in [-0.3, -0.25) is 24.2 Å². The third-order valence-corrected chi connectivity index (χ3v) is 7.09. The number of amides is 4. The second kappa shape index (κ2) is 28.7. The van der Waals surface area contributed by atoms with Gasteiger partial charge in [-0.1, -0.05) is 52.7 Å². The SMILES string of the molecule is C=N/C(=C\[NH2+]CCOCCOCCOCC)CNC(=O)OCc1ccc(NC(=O)C(CCCC)NC(=O)[C@@H](NC(=O)CONCC)C(C)C)cc1. The van der Waals surface area contributed by atoms with Crippen molar-refractivity contribution in [3.8, 4) is 0 Å². The largest absolute Gasteiger partial charge is 0.445 e. The van der Waals surface area contributed by atoms with Crippen molar-refractivity contribution in [1.82, 2.24) is 21.4 Å². The Labute approximate surface area is 302 Å². The molecule has 1 aromatic carbocycles. The van der Waals surface area contributed by atoms with Crippen LogP contribution in [0.1, 0.15) is 59.4 Å². The second-order valence-corrected chi connectivity index (χ2v) is 11.7. The maximum Gasteiger partial charge on any atom is 0.407 e. The Balaban J connectivity index is 2.52. The Hall–Kier alpha value is -3.93. The van der Waals surface area contributed by atoms with Crippen LogP contribution in [0.4, 0.5) is 10.5 Å². The first kappa shape index (κ1) is 45.1. The summed E-state index contributed by atoms with van der Waals surface area (Å²) in [7, 11) is 0. The smallest absolute Gasteiger partial charge is 0.407 e. The van der Waals surface area contributed by atoms with E-state index in [-0.39, 0.29) is 31.6 Å². The van der Waals surface area contributed by atoms with Crippen molar-refractivity contribution in [2.45, 2.75) is 72.6 Å². The number of hydrogen-bond acceptors (Lipinski definition) is 11. The molecule has 2 atom stereocenters. The van der Waals surface area contributed by atoms with E-state index >= 15 is 0 Å². The second-order valence-electron chi connectivity index (χ2n) is 11.7. The zero-order valence-electron chi connectivity index (χ0n) is 30.9. The average Bonchev–Trinajstić information content (AvgIpc) is 3.12. The Morgan fingerprint density at radius 2 is 1.61 bits per heavy atom. The Morgan fingerprint density at radius 1 is 0.922 bits per heavy atom. The maximum atomic E-state index is 13.2. The highest BCUT2D eigenvalue weighted by Gasteiger charge is 2.28. The summed E-state index contributed by atoms with van der Waals surface area (Å²) < 4.78 is 21.4. The maximum absolute atomic E-state index is 13.2. The molecule has 0 heterocycles. The van der Waals surface area contributed by atoms with E-state index in [2.05, 4.69) is 38.5 Å². The first-order valence-corrected chi connectivity index (χ1v) is 17.6. The summed E-state index contributed by atoms with van der Waals surface area (Å²) in [6, 6.07) is 5.17. The molecule has 0 saturated heterocycles. The monoisotopic (exact) mass is 722 g/mol. The van der Waals surface area contributed by atoms with Gasteiger partial charge in [-0.25, -0.2) is 10.3 Å². The van der Waals surface area contributed by atoms with Gasteiger partial charge in [0, 0.05) is 18.8 Å². The van der Waals surface area contributed by atoms with Crippen LogP contribution < -0.4 is 32.1 Å². The van der Waals surface area contributed by atoms with E-state index in [1.54, 1.807) is 30.5 Å². The number of nitrogens with zero attached hydrogens (tertiary/aromatic N) is 1. The molecule has 288 valence electrons. The number of nitrogens with two attached hydrogens (primary N) is 1. The molecule has 0 radical (unpaired) electrons. The fourth-order valence-corrected chi connectivity index (χ4v) is 4.31. The van der Waals surface area contributed by atoms with Crippen LogP contribution in [0, 0.1) is 5.92 Å². The molecule has 0 aliphatic heterocycles. The standard InChI is InChI=1S/C35H59N7O9/c1-7-10-11-30(41-34(45)32(26(4)5)42-31(43)25-51-39-8-2)33(44)40-28-14-12-27(13-15-28)24-50-35(46)38-23-29(36-6)22-37-16-17-48-20-21-49-19-18-47-9-3/h12-15,22,26,30,32,37,39H,6-11,16-21,23-25H2,1-5H3,(H,38,46)(H,40,44)(H,41,45)(H,42,43)/p+1/b29-22-/t30?,32-/m0/s1. The molecule has 1 aromatic rings. The van der Waals surface area contributed by atoms with Gasteiger partial charge in [0.2, 0.25) is 17.7 Å². The van der Waals surface area contributed by atoms with Gasteiger partial charge in [0.1, 0.15) is 43.7 Å². The number of hydrogen-bond donors (Lipinski definition) is 6. The van der Waals surface area contributed by atoms with Crippen LogP contribution in [0.5, 0.6) is 0 Å². The zero-order valence-corrected chi connectivity index (χ0v) is 30.9. The van der Waals surface area contributed by atoms with Crippen molar-refractivity contribution in [3.05, 3.63) is 41.7 Å². The highest BCUT2D eigenvalue weighted by molar-refractivity contribution is 5.98. The number of aliphatic imine (C=N–C) groups is 1. The number of quaternary nitrogens is 1. The molecule has 4 amide bonds. The van der Waals surface area contributed by atoms with E-state index < -0.39 is 30.0 Å². The number of unbranched alkanes of at least 4 members (excludes halogenated alkanes) is 1. The molecule has 0 saturated carbocycles. The molecule has 0 bridgehead atoms. The fraction of sp³-hybridized carbons (Fsp3) is 0.629. The van der Waals surface area contributed by atoms with Crippen LogP contribution in [0.15, 0.2) is 41.2 Å². The Kier molecular flexibility index (Phi) is 25.4. The summed E-state index contributed by atoms with van der Waals surface area (Å²) >= 11 is 0. The van der Waals surface area contributed by atoms with E-state index in [0.29, 0.717) is 82.5 Å². The number of rotatable bonds is 29. The van der Waals surface area contributed by atoms with Gasteiger partial charge in [-0.05, 0) is 43.7 Å². The van der Waals surface area contributed by atoms with Crippen molar-refractivity contribution in [2.24, 2.45) is 10.9 Å². The average molecular weight is 723 g/mol. The van der Waals surface area contributed by atoms with E-state index in [4.69, 9.17) is 23.8 Å². The van der Waals surface area contributed by atoms with Gasteiger partial charge in [0.25, 0.3) is 0 Å². The predicted octanol–water partition coefficient (Wildman–Crippen LogP) is 1.38. The van der Waals surface area contributed by atoms with Crippen molar-refractivity contribution in [1.29, 1.82) is 0 Å². The van der Waals surface area contributed by atoms with Gasteiger partial charge < -0.3 is 45.5 Å². The van der Waals surface area contributed by atoms with Crippen molar-refractivity contribution in [3.63, 3.8) is 0 Å². The van der Waals surface area contributed by atoms with E-state index in [9.17, 15) is 19.2 Å². The first-order valence-electron chi connectivity index (χ1n) is 17.6. The normalized spacial score (nSPS) is 12.5. The Bertz CT molecular complexity index is 1180. The quantitative estimate of drug-likeness (QED) is 0.0399. The van der Waals surface area contributed by atoms with Crippen molar-refractivity contribution >= 4 is 36.2 Å². The van der Waals surface area contributed by atoms with Crippen LogP contribution in [0.2, 0.25) is 0 Å². The third-order valence-electron chi connectivity index (χ3n) is 7.09. The minimum absolute atomic E-state index is 0.0104. The van der Waals surface area contributed by atoms with Gasteiger partial charge in [-0.15, -0.1) is 0 Å². The molecule has 1 unspecified atom stereocenters. The van der Waals surface area contributed by atoms with Gasteiger partial charge in [-0.2, -0.15) is 0 Å². The molecule has 16 heteroatoms. The lowest BCUT2D eigenvalue weighted by molar-refractivity contribution is -0.590. The van der Waals surface area contributed by atoms with Crippen molar-refractivity contribution in [2.75, 3.05) is 71.2 Å². The number of carbonyl (C=O) groups excluding carboxylic acids is 4. The van der Waals surface area contributed by atoms with Crippen LogP contribution >= 0.6 is 0 Å². The molecule has 0 fully saturated rings. The summed E-state index contributed by atoms with van der Waals surface area (Å²) in [4.78, 5) is 59.9. The molecule has 0 spiro atoms. The minimum Gasteiger partial charge on any atom is -0.445 e. The predicted molar refractivity (Wildman–Crippen MR) is 194 cm³/mol. The molecule has 0 aliphatic carbocycles. The molecule has 0 aromatic heterocycles. The van der Waals surface area contributed by atoms with Crippen LogP contribution in [0.3, 0.4) is 0 Å². The third kappa shape index (κ3) is 21.8. The minimum atomic E-state index is -0.845. The number of hydroxylamine groups is 1. The molecule has 51 heavy (non-hydrogen) atoms. The molecule has 7 N–H and O–H groups in total. The number of carbonyl (C=O) groups is 4. The summed E-state index contributed by atoms with van der Waals surface area (Å²) in [5.74, 6) is -1.51. The van der Waals surface area contributed by atoms with Crippen molar-refractivity contribution < 1.29 is 48.3 Å². The van der Waals surface area contributed by atoms with Gasteiger partial charge >= 0.3 is 6.09 Å². The number of anilines is 1. The molecular weight excluding hydrogens is 662 g/mol. The lowest BCUT2D eigenvalue weighted by Crippen LogP contribution is -2.79. The summed E-state index contributed by atoms with van der Waals surface area (Å²) in [6.07, 6.45) is 3.12. The highest BCUT2D eigenvalue weighted by Crippen LogP contribution is 2.13. The first-order chi connectivity index (χ1) is 24.6. The van der Waals surface area contributed by atoms with Gasteiger partial charge in [0.15, 0.2) is 0 Å². The fourth-order valence-electron chi connectivity index (χ4n) is 4.31. The zero-order chi connectivity index (χ0) is 37.7.